The number of piperidine rings is 1. The Kier molecular flexibility index (Phi) is 7.78. The van der Waals surface area contributed by atoms with Crippen molar-refractivity contribution in [2.45, 2.75) is 56.0 Å². The first-order valence-corrected chi connectivity index (χ1v) is 14.7. The molecule has 8 nitrogen and oxygen atoms in total. The zero-order valence-electron chi connectivity index (χ0n) is 21.6. The van der Waals surface area contributed by atoms with Crippen LogP contribution in [0.4, 0.5) is 5.69 Å². The minimum Gasteiger partial charge on any atom is -0.343 e. The van der Waals surface area contributed by atoms with E-state index in [1.54, 1.807) is 36.4 Å². The second kappa shape index (κ2) is 11.2. The van der Waals surface area contributed by atoms with Crippen molar-refractivity contribution in [2.24, 2.45) is 0 Å². The van der Waals surface area contributed by atoms with Gasteiger partial charge in [-0.2, -0.15) is 0 Å². The summed E-state index contributed by atoms with van der Waals surface area (Å²) in [5, 5.41) is 7.50. The molecular formula is C29H34N4O4S. The van der Waals surface area contributed by atoms with Crippen molar-refractivity contribution in [1.82, 2.24) is 14.9 Å². The lowest BCUT2D eigenvalue weighted by molar-refractivity contribution is -0.132. The highest BCUT2D eigenvalue weighted by Gasteiger charge is 2.29. The number of likely N-dealkylation sites (tertiary alicyclic amines) is 1. The van der Waals surface area contributed by atoms with Gasteiger partial charge in [0.05, 0.1) is 4.90 Å². The number of rotatable bonds is 7. The van der Waals surface area contributed by atoms with Crippen LogP contribution in [0.5, 0.6) is 0 Å². The van der Waals surface area contributed by atoms with Gasteiger partial charge in [-0.05, 0) is 62.9 Å². The summed E-state index contributed by atoms with van der Waals surface area (Å²) in [6.45, 7) is 3.94. The van der Waals surface area contributed by atoms with Crippen molar-refractivity contribution >= 4 is 38.3 Å². The van der Waals surface area contributed by atoms with Gasteiger partial charge in [0.15, 0.2) is 0 Å². The average molecular weight is 535 g/mol. The maximum absolute atomic E-state index is 13.5. The number of hydrogen-bond acceptors (Lipinski definition) is 5. The lowest BCUT2D eigenvalue weighted by Gasteiger charge is -2.33. The highest BCUT2D eigenvalue weighted by Crippen LogP contribution is 2.30. The molecule has 5 rings (SSSR count). The third-order valence-electron chi connectivity index (χ3n) is 7.56. The van der Waals surface area contributed by atoms with Gasteiger partial charge in [0.1, 0.15) is 0 Å². The Labute approximate surface area is 223 Å². The number of amides is 2. The number of hydrogen-bond donors (Lipinski definition) is 3. The summed E-state index contributed by atoms with van der Waals surface area (Å²) in [6, 6.07) is 17.7. The Balaban J connectivity index is 1.28. The highest BCUT2D eigenvalue weighted by atomic mass is 32.2. The van der Waals surface area contributed by atoms with Crippen molar-refractivity contribution in [2.75, 3.05) is 25.0 Å². The Morgan fingerprint density at radius 3 is 2.42 bits per heavy atom. The van der Waals surface area contributed by atoms with Crippen molar-refractivity contribution in [3.05, 3.63) is 71.8 Å². The molecule has 0 aliphatic carbocycles. The fourth-order valence-electron chi connectivity index (χ4n) is 5.44. The number of aryl methyl sites for hydroxylation is 1. The van der Waals surface area contributed by atoms with Gasteiger partial charge in [-0.3, -0.25) is 9.59 Å². The topological polar surface area (TPSA) is 108 Å². The quantitative estimate of drug-likeness (QED) is 0.427. The van der Waals surface area contributed by atoms with Gasteiger partial charge in [0, 0.05) is 53.6 Å². The second-order valence-corrected chi connectivity index (χ2v) is 11.9. The number of nitrogens with zero attached hydrogens (tertiary/aromatic N) is 1. The molecule has 1 atom stereocenters. The lowest BCUT2D eigenvalue weighted by Crippen LogP contribution is -2.47. The number of carbonyl (C=O) groups is 2. The molecule has 2 amide bonds. The molecule has 0 spiro atoms. The number of carbonyl (C=O) groups excluding carboxylic acids is 2. The number of sulfonamides is 1. The van der Waals surface area contributed by atoms with Crippen LogP contribution in [0.1, 0.15) is 48.0 Å². The first kappa shape index (κ1) is 26.3. The average Bonchev–Trinajstić information content (AvgIpc) is 3.42. The maximum Gasteiger partial charge on any atom is 0.255 e. The molecule has 9 heteroatoms. The number of anilines is 1. The summed E-state index contributed by atoms with van der Waals surface area (Å²) >= 11 is 0. The molecule has 0 radical (unpaired) electrons. The molecule has 0 saturated carbocycles. The van der Waals surface area contributed by atoms with Gasteiger partial charge >= 0.3 is 0 Å². The number of benzene rings is 3. The predicted octanol–water partition coefficient (Wildman–Crippen LogP) is 3.81. The minimum atomic E-state index is -3.82. The maximum atomic E-state index is 13.5. The Hall–Kier alpha value is -3.27. The van der Waals surface area contributed by atoms with Crippen LogP contribution in [-0.4, -0.2) is 56.9 Å². The largest absolute Gasteiger partial charge is 0.343 e. The zero-order valence-corrected chi connectivity index (χ0v) is 22.4. The van der Waals surface area contributed by atoms with Gasteiger partial charge in [-0.15, -0.1) is 0 Å². The first-order chi connectivity index (χ1) is 18.3. The van der Waals surface area contributed by atoms with Crippen LogP contribution in [0, 0.1) is 6.92 Å². The number of nitrogens with one attached hydrogen (secondary N) is 3. The molecule has 3 N–H and O–H groups in total. The van der Waals surface area contributed by atoms with E-state index in [1.165, 1.54) is 0 Å². The van der Waals surface area contributed by atoms with Gasteiger partial charge in [0.2, 0.25) is 15.9 Å². The van der Waals surface area contributed by atoms with E-state index in [0.29, 0.717) is 54.4 Å². The monoisotopic (exact) mass is 534 g/mol. The van der Waals surface area contributed by atoms with Crippen LogP contribution in [0.3, 0.4) is 0 Å². The standard InChI is InChI=1S/C29H34N4O4S/c1-20-7-2-3-9-23(20)29(35)31-26-12-4-11-25-24(26)10-5-13-27(25)38(36,37)32-21-14-17-33(18-15-21)28(34)19-22-8-6-16-30-22/h2-5,7,9-13,21-22,30,32H,6,8,14-19H2,1H3,(H,31,35)/t22-/m0/s1. The SMILES string of the molecule is Cc1ccccc1C(=O)Nc1cccc2c(S(=O)(=O)NC3CCN(C(=O)C[C@@H]4CCCN4)CC3)cccc12. The molecule has 200 valence electrons. The summed E-state index contributed by atoms with van der Waals surface area (Å²) in [7, 11) is -3.82. The molecule has 2 saturated heterocycles. The van der Waals surface area contributed by atoms with Crippen LogP contribution in [0.2, 0.25) is 0 Å². The van der Waals surface area contributed by atoms with Gasteiger partial charge < -0.3 is 15.5 Å². The fourth-order valence-corrected chi connectivity index (χ4v) is 6.97. The number of fused-ring (bicyclic) bond motifs is 1. The van der Waals surface area contributed by atoms with Gasteiger partial charge in [-0.25, -0.2) is 13.1 Å². The summed E-state index contributed by atoms with van der Waals surface area (Å²) in [5.41, 5.74) is 1.98. The van der Waals surface area contributed by atoms with Crippen LogP contribution >= 0.6 is 0 Å². The smallest absolute Gasteiger partial charge is 0.255 e. The van der Waals surface area contributed by atoms with Crippen LogP contribution in [0.15, 0.2) is 65.6 Å². The second-order valence-electron chi connectivity index (χ2n) is 10.2. The summed E-state index contributed by atoms with van der Waals surface area (Å²) in [5.74, 6) is -0.105. The molecule has 3 aromatic rings. The van der Waals surface area contributed by atoms with E-state index >= 15 is 0 Å². The van der Waals surface area contributed by atoms with E-state index in [9.17, 15) is 18.0 Å². The molecule has 0 unspecified atom stereocenters. The van der Waals surface area contributed by atoms with Crippen molar-refractivity contribution in [3.8, 4) is 0 Å². The molecule has 2 heterocycles. The molecule has 0 aromatic heterocycles. The third-order valence-corrected chi connectivity index (χ3v) is 9.14. The van der Waals surface area contributed by atoms with E-state index in [4.69, 9.17) is 0 Å². The zero-order chi connectivity index (χ0) is 26.7. The van der Waals surface area contributed by atoms with E-state index in [0.717, 1.165) is 24.9 Å². The van der Waals surface area contributed by atoms with Gasteiger partial charge in [0.25, 0.3) is 5.91 Å². The van der Waals surface area contributed by atoms with Crippen LogP contribution in [-0.2, 0) is 14.8 Å². The van der Waals surface area contributed by atoms with E-state index in [2.05, 4.69) is 15.4 Å². The molecule has 2 aliphatic heterocycles. The normalized spacial score (nSPS) is 18.6. The molecule has 38 heavy (non-hydrogen) atoms. The highest BCUT2D eigenvalue weighted by molar-refractivity contribution is 7.89. The lowest BCUT2D eigenvalue weighted by atomic mass is 10.0. The minimum absolute atomic E-state index is 0.139. The third kappa shape index (κ3) is 5.75. The van der Waals surface area contributed by atoms with Gasteiger partial charge in [-0.1, -0.05) is 42.5 Å². The molecule has 0 bridgehead atoms. The van der Waals surface area contributed by atoms with Crippen molar-refractivity contribution in [1.29, 1.82) is 0 Å². The van der Waals surface area contributed by atoms with Crippen molar-refractivity contribution in [3.63, 3.8) is 0 Å². The Morgan fingerprint density at radius 2 is 1.68 bits per heavy atom. The van der Waals surface area contributed by atoms with Crippen molar-refractivity contribution < 1.29 is 18.0 Å². The molecule has 3 aromatic carbocycles. The molecule has 2 aliphatic rings. The molecular weight excluding hydrogens is 500 g/mol. The summed E-state index contributed by atoms with van der Waals surface area (Å²) < 4.78 is 29.8. The predicted molar refractivity (Wildman–Crippen MR) is 149 cm³/mol. The van der Waals surface area contributed by atoms with E-state index in [-0.39, 0.29) is 28.8 Å². The summed E-state index contributed by atoms with van der Waals surface area (Å²) in [4.78, 5) is 27.6. The van der Waals surface area contributed by atoms with Crippen LogP contribution in [0.25, 0.3) is 10.8 Å². The van der Waals surface area contributed by atoms with E-state index < -0.39 is 10.0 Å². The molecule has 2 fully saturated rings. The fraction of sp³-hybridized carbons (Fsp3) is 0.379. The first-order valence-electron chi connectivity index (χ1n) is 13.2. The van der Waals surface area contributed by atoms with Crippen LogP contribution < -0.4 is 15.4 Å². The summed E-state index contributed by atoms with van der Waals surface area (Å²) in [6.07, 6.45) is 3.80. The Morgan fingerprint density at radius 1 is 0.947 bits per heavy atom. The van der Waals surface area contributed by atoms with E-state index in [1.807, 2.05) is 36.1 Å². The Bertz CT molecular complexity index is 1440.